The molecule has 1 N–H and O–H groups in total. The Morgan fingerprint density at radius 1 is 1.10 bits per heavy atom. The highest BCUT2D eigenvalue weighted by Crippen LogP contribution is 2.33. The first-order valence-electron chi connectivity index (χ1n) is 6.78. The number of halogens is 4. The van der Waals surface area contributed by atoms with Gasteiger partial charge in [0.1, 0.15) is 5.82 Å². The Balaban J connectivity index is 2.67. The summed E-state index contributed by atoms with van der Waals surface area (Å²) in [6.07, 6.45) is 0.388. The molecule has 0 amide bonds. The van der Waals surface area contributed by atoms with E-state index in [1.807, 2.05) is 20.8 Å². The minimum Gasteiger partial charge on any atom is -0.311 e. The molecule has 1 rings (SSSR count). The lowest BCUT2D eigenvalue weighted by Crippen LogP contribution is -2.38. The van der Waals surface area contributed by atoms with Crippen molar-refractivity contribution in [3.05, 3.63) is 35.6 Å². The molecule has 0 saturated carbocycles. The first kappa shape index (κ1) is 18.3. The van der Waals surface area contributed by atoms with Gasteiger partial charge in [-0.25, -0.2) is 4.39 Å². The monoisotopic (exact) mass is 323 g/mol. The average Bonchev–Trinajstić information content (AvgIpc) is 2.32. The van der Waals surface area contributed by atoms with Crippen molar-refractivity contribution in [2.45, 2.75) is 44.2 Å². The van der Waals surface area contributed by atoms with Crippen molar-refractivity contribution in [2.75, 3.05) is 12.3 Å². The first-order valence-corrected chi connectivity index (χ1v) is 7.76. The lowest BCUT2D eigenvalue weighted by molar-refractivity contribution is -0.0328. The quantitative estimate of drug-likeness (QED) is 0.744. The number of alkyl halides is 3. The molecule has 1 nitrogen and oxygen atoms in total. The third-order valence-electron chi connectivity index (χ3n) is 2.95. The SMILES string of the molecule is CC(C)(C)NCC(CCSC(F)(F)F)c1ccc(F)cc1. The van der Waals surface area contributed by atoms with Gasteiger partial charge >= 0.3 is 5.51 Å². The van der Waals surface area contributed by atoms with Gasteiger partial charge in [-0.05, 0) is 50.8 Å². The van der Waals surface area contributed by atoms with Gasteiger partial charge in [-0.1, -0.05) is 23.9 Å². The molecule has 1 aromatic carbocycles. The summed E-state index contributed by atoms with van der Waals surface area (Å²) >= 11 is -0.00878. The summed E-state index contributed by atoms with van der Waals surface area (Å²) in [6.45, 7) is 6.56. The van der Waals surface area contributed by atoms with Gasteiger partial charge in [0.25, 0.3) is 0 Å². The van der Waals surface area contributed by atoms with Crippen molar-refractivity contribution < 1.29 is 17.6 Å². The van der Waals surface area contributed by atoms with E-state index in [4.69, 9.17) is 0 Å². The molecule has 0 radical (unpaired) electrons. The maximum Gasteiger partial charge on any atom is 0.441 e. The largest absolute Gasteiger partial charge is 0.441 e. The molecule has 0 bridgehead atoms. The average molecular weight is 323 g/mol. The molecule has 21 heavy (non-hydrogen) atoms. The van der Waals surface area contributed by atoms with Crippen LogP contribution in [0.25, 0.3) is 0 Å². The molecular weight excluding hydrogens is 302 g/mol. The van der Waals surface area contributed by atoms with Crippen molar-refractivity contribution in [2.24, 2.45) is 0 Å². The van der Waals surface area contributed by atoms with E-state index in [0.29, 0.717) is 13.0 Å². The van der Waals surface area contributed by atoms with E-state index in [1.165, 1.54) is 12.1 Å². The second-order valence-electron chi connectivity index (χ2n) is 5.96. The van der Waals surface area contributed by atoms with Crippen molar-refractivity contribution in [3.8, 4) is 0 Å². The molecule has 6 heteroatoms. The van der Waals surface area contributed by atoms with Gasteiger partial charge in [-0.2, -0.15) is 13.2 Å². The van der Waals surface area contributed by atoms with Crippen LogP contribution in [0.3, 0.4) is 0 Å². The number of benzene rings is 1. The topological polar surface area (TPSA) is 12.0 Å². The van der Waals surface area contributed by atoms with Gasteiger partial charge in [0.15, 0.2) is 0 Å². The number of hydrogen-bond donors (Lipinski definition) is 1. The van der Waals surface area contributed by atoms with Gasteiger partial charge in [0.2, 0.25) is 0 Å². The van der Waals surface area contributed by atoms with E-state index in [2.05, 4.69) is 5.32 Å². The standard InChI is InChI=1S/C15H21F4NS/c1-14(2,3)20-10-12(8-9-21-15(17,18)19)11-4-6-13(16)7-5-11/h4-7,12,20H,8-10H2,1-3H3. The summed E-state index contributed by atoms with van der Waals surface area (Å²) in [7, 11) is 0. The van der Waals surface area contributed by atoms with Crippen LogP contribution in [0, 0.1) is 5.82 Å². The lowest BCUT2D eigenvalue weighted by atomic mass is 9.95. The molecule has 0 aromatic heterocycles. The molecule has 0 fully saturated rings. The fourth-order valence-electron chi connectivity index (χ4n) is 1.87. The molecule has 1 unspecified atom stereocenters. The molecule has 0 aliphatic carbocycles. The van der Waals surface area contributed by atoms with Crippen LogP contribution in [0.5, 0.6) is 0 Å². The molecule has 0 aliphatic heterocycles. The van der Waals surface area contributed by atoms with Crippen molar-refractivity contribution in [1.82, 2.24) is 5.32 Å². The number of hydrogen-bond acceptors (Lipinski definition) is 2. The van der Waals surface area contributed by atoms with E-state index in [9.17, 15) is 17.6 Å². The summed E-state index contributed by atoms with van der Waals surface area (Å²) in [5.41, 5.74) is -3.46. The Kier molecular flexibility index (Phi) is 6.53. The number of nitrogens with one attached hydrogen (secondary N) is 1. The second kappa shape index (κ2) is 7.49. The van der Waals surface area contributed by atoms with Gasteiger partial charge < -0.3 is 5.32 Å². The fourth-order valence-corrected chi connectivity index (χ4v) is 2.50. The lowest BCUT2D eigenvalue weighted by Gasteiger charge is -2.25. The maximum atomic E-state index is 13.0. The highest BCUT2D eigenvalue weighted by molar-refractivity contribution is 8.00. The molecule has 1 aromatic rings. The van der Waals surface area contributed by atoms with Crippen LogP contribution < -0.4 is 5.32 Å². The van der Waals surface area contributed by atoms with Crippen LogP contribution >= 0.6 is 11.8 Å². The molecule has 0 aliphatic rings. The molecule has 120 valence electrons. The third-order valence-corrected chi connectivity index (χ3v) is 3.72. The molecule has 1 atom stereocenters. The van der Waals surface area contributed by atoms with Crippen molar-refractivity contribution in [3.63, 3.8) is 0 Å². The molecule has 0 spiro atoms. The highest BCUT2D eigenvalue weighted by Gasteiger charge is 2.28. The summed E-state index contributed by atoms with van der Waals surface area (Å²) in [5.74, 6) is -0.414. The van der Waals surface area contributed by atoms with E-state index < -0.39 is 5.51 Å². The Morgan fingerprint density at radius 2 is 1.67 bits per heavy atom. The summed E-state index contributed by atoms with van der Waals surface area (Å²) in [5, 5.41) is 3.30. The third kappa shape index (κ3) is 8.31. The van der Waals surface area contributed by atoms with Gasteiger partial charge in [-0.3, -0.25) is 0 Å². The van der Waals surface area contributed by atoms with Crippen molar-refractivity contribution >= 4 is 11.8 Å². The van der Waals surface area contributed by atoms with Crippen LogP contribution in [0.2, 0.25) is 0 Å². The van der Waals surface area contributed by atoms with Crippen molar-refractivity contribution in [1.29, 1.82) is 0 Å². The van der Waals surface area contributed by atoms with E-state index in [-0.39, 0.29) is 34.8 Å². The highest BCUT2D eigenvalue weighted by atomic mass is 32.2. The zero-order chi connectivity index (χ0) is 16.1. The van der Waals surface area contributed by atoms with Gasteiger partial charge in [-0.15, -0.1) is 0 Å². The van der Waals surface area contributed by atoms with Crippen LogP contribution in [-0.4, -0.2) is 23.3 Å². The fraction of sp³-hybridized carbons (Fsp3) is 0.600. The second-order valence-corrected chi connectivity index (χ2v) is 7.12. The first-order chi connectivity index (χ1) is 9.57. The zero-order valence-electron chi connectivity index (χ0n) is 12.4. The van der Waals surface area contributed by atoms with Gasteiger partial charge in [0.05, 0.1) is 0 Å². The van der Waals surface area contributed by atoms with E-state index >= 15 is 0 Å². The Labute approximate surface area is 127 Å². The van der Waals surface area contributed by atoms with Gasteiger partial charge in [0, 0.05) is 17.8 Å². The van der Waals surface area contributed by atoms with Crippen LogP contribution in [0.1, 0.15) is 38.7 Å². The molecular formula is C15H21F4NS. The predicted octanol–water partition coefficient (Wildman–Crippen LogP) is 4.94. The Bertz CT molecular complexity index is 423. The van der Waals surface area contributed by atoms with E-state index in [1.54, 1.807) is 12.1 Å². The summed E-state index contributed by atoms with van der Waals surface area (Å²) in [4.78, 5) is 0. The minimum absolute atomic E-state index is 0.00261. The Morgan fingerprint density at radius 3 is 2.14 bits per heavy atom. The van der Waals surface area contributed by atoms with Crippen LogP contribution in [0.4, 0.5) is 17.6 Å². The molecule has 0 heterocycles. The molecule has 0 saturated heterocycles. The number of thioether (sulfide) groups is 1. The maximum absolute atomic E-state index is 13.0. The minimum atomic E-state index is -4.20. The Hall–Kier alpha value is -0.750. The normalized spacial score (nSPS) is 14.2. The summed E-state index contributed by atoms with van der Waals surface area (Å²) < 4.78 is 49.7. The van der Waals surface area contributed by atoms with Crippen LogP contribution in [-0.2, 0) is 0 Å². The zero-order valence-corrected chi connectivity index (χ0v) is 13.2. The van der Waals surface area contributed by atoms with Crippen LogP contribution in [0.15, 0.2) is 24.3 Å². The van der Waals surface area contributed by atoms with E-state index in [0.717, 1.165) is 5.56 Å². The smallest absolute Gasteiger partial charge is 0.311 e. The summed E-state index contributed by atoms with van der Waals surface area (Å²) in [6, 6.07) is 5.97. The number of rotatable bonds is 6. The predicted molar refractivity (Wildman–Crippen MR) is 80.0 cm³/mol.